The Balaban J connectivity index is 1.77. The van der Waals surface area contributed by atoms with Gasteiger partial charge in [0.15, 0.2) is 5.78 Å². The first-order valence-electron chi connectivity index (χ1n) is 6.34. The maximum Gasteiger partial charge on any atom is 0.188 e. The van der Waals surface area contributed by atoms with Crippen molar-refractivity contribution in [3.05, 3.63) is 65.5 Å². The fraction of sp³-hybridized carbons (Fsp3) is 0.250. The molecule has 0 atom stereocenters. The standard InChI is InChI=1S/C16H17NO2/c1-13-6-2-3-8-15(13)16(18)12-19-11-9-14-7-4-5-10-17-14/h2-8,10H,9,11-12H2,1H3. The normalized spacial score (nSPS) is 10.4. The van der Waals surface area contributed by atoms with Gasteiger partial charge in [-0.1, -0.05) is 30.3 Å². The van der Waals surface area contributed by atoms with E-state index in [0.717, 1.165) is 23.2 Å². The Hall–Kier alpha value is -2.00. The van der Waals surface area contributed by atoms with Crippen molar-refractivity contribution in [3.63, 3.8) is 0 Å². The molecule has 0 radical (unpaired) electrons. The number of aryl methyl sites for hydroxylation is 1. The largest absolute Gasteiger partial charge is 0.373 e. The van der Waals surface area contributed by atoms with E-state index in [-0.39, 0.29) is 12.4 Å². The van der Waals surface area contributed by atoms with E-state index in [1.165, 1.54) is 0 Å². The van der Waals surface area contributed by atoms with Crippen LogP contribution in [0.25, 0.3) is 0 Å². The summed E-state index contributed by atoms with van der Waals surface area (Å²) in [5.74, 6) is 0.0270. The molecule has 98 valence electrons. The highest BCUT2D eigenvalue weighted by molar-refractivity contribution is 5.98. The third-order valence-corrected chi connectivity index (χ3v) is 2.91. The summed E-state index contributed by atoms with van der Waals surface area (Å²) >= 11 is 0. The average Bonchev–Trinajstić information content (AvgIpc) is 2.45. The van der Waals surface area contributed by atoms with Crippen LogP contribution in [0.2, 0.25) is 0 Å². The number of pyridine rings is 1. The second kappa shape index (κ2) is 6.81. The van der Waals surface area contributed by atoms with Crippen LogP contribution < -0.4 is 0 Å². The average molecular weight is 255 g/mol. The highest BCUT2D eigenvalue weighted by Crippen LogP contribution is 2.08. The number of hydrogen-bond donors (Lipinski definition) is 0. The van der Waals surface area contributed by atoms with Gasteiger partial charge < -0.3 is 4.74 Å². The third kappa shape index (κ3) is 4.00. The van der Waals surface area contributed by atoms with Crippen molar-refractivity contribution in [2.24, 2.45) is 0 Å². The Kier molecular flexibility index (Phi) is 4.81. The van der Waals surface area contributed by atoms with E-state index in [2.05, 4.69) is 4.98 Å². The quantitative estimate of drug-likeness (QED) is 0.588. The van der Waals surface area contributed by atoms with Gasteiger partial charge in [-0.15, -0.1) is 0 Å². The second-order valence-electron chi connectivity index (χ2n) is 4.36. The van der Waals surface area contributed by atoms with Gasteiger partial charge in [0.25, 0.3) is 0 Å². The highest BCUT2D eigenvalue weighted by Gasteiger charge is 2.08. The summed E-state index contributed by atoms with van der Waals surface area (Å²) in [5, 5.41) is 0. The lowest BCUT2D eigenvalue weighted by Crippen LogP contribution is -2.12. The predicted molar refractivity (Wildman–Crippen MR) is 74.3 cm³/mol. The summed E-state index contributed by atoms with van der Waals surface area (Å²) in [4.78, 5) is 16.1. The molecular weight excluding hydrogens is 238 g/mol. The Morgan fingerprint density at radius 1 is 1.16 bits per heavy atom. The molecule has 1 aromatic heterocycles. The highest BCUT2D eigenvalue weighted by atomic mass is 16.5. The Morgan fingerprint density at radius 2 is 1.95 bits per heavy atom. The molecule has 3 nitrogen and oxygen atoms in total. The first kappa shape index (κ1) is 13.4. The number of nitrogens with zero attached hydrogens (tertiary/aromatic N) is 1. The van der Waals surface area contributed by atoms with E-state index in [0.29, 0.717) is 6.61 Å². The number of ketones is 1. The maximum atomic E-state index is 11.9. The molecule has 0 amide bonds. The van der Waals surface area contributed by atoms with E-state index < -0.39 is 0 Å². The SMILES string of the molecule is Cc1ccccc1C(=O)COCCc1ccccn1. The van der Waals surface area contributed by atoms with Crippen LogP contribution in [0, 0.1) is 6.92 Å². The van der Waals surface area contributed by atoms with Gasteiger partial charge in [0, 0.05) is 23.9 Å². The van der Waals surface area contributed by atoms with Gasteiger partial charge in [-0.3, -0.25) is 9.78 Å². The molecule has 0 saturated carbocycles. The van der Waals surface area contributed by atoms with Crippen LogP contribution in [0.15, 0.2) is 48.7 Å². The minimum Gasteiger partial charge on any atom is -0.373 e. The summed E-state index contributed by atoms with van der Waals surface area (Å²) in [6.07, 6.45) is 2.48. The lowest BCUT2D eigenvalue weighted by Gasteiger charge is -2.05. The van der Waals surface area contributed by atoms with Crippen molar-refractivity contribution >= 4 is 5.78 Å². The van der Waals surface area contributed by atoms with Gasteiger partial charge in [-0.25, -0.2) is 0 Å². The van der Waals surface area contributed by atoms with Crippen LogP contribution in [-0.4, -0.2) is 24.0 Å². The fourth-order valence-electron chi connectivity index (χ4n) is 1.85. The molecule has 2 aromatic rings. The summed E-state index contributed by atoms with van der Waals surface area (Å²) in [7, 11) is 0. The number of aromatic nitrogens is 1. The van der Waals surface area contributed by atoms with Crippen molar-refractivity contribution < 1.29 is 9.53 Å². The number of rotatable bonds is 6. The van der Waals surface area contributed by atoms with Crippen LogP contribution in [0.1, 0.15) is 21.6 Å². The number of carbonyl (C=O) groups excluding carboxylic acids is 1. The Bertz CT molecular complexity index is 537. The van der Waals surface area contributed by atoms with Gasteiger partial charge in [-0.2, -0.15) is 0 Å². The van der Waals surface area contributed by atoms with E-state index in [4.69, 9.17) is 4.74 Å². The van der Waals surface area contributed by atoms with Crippen LogP contribution in [0.4, 0.5) is 0 Å². The number of ether oxygens (including phenoxy) is 1. The summed E-state index contributed by atoms with van der Waals surface area (Å²) < 4.78 is 5.42. The first-order chi connectivity index (χ1) is 9.27. The molecule has 0 spiro atoms. The molecule has 2 rings (SSSR count). The smallest absolute Gasteiger partial charge is 0.188 e. The number of benzene rings is 1. The molecule has 19 heavy (non-hydrogen) atoms. The number of Topliss-reactive ketones (excluding diaryl/α,β-unsaturated/α-hetero) is 1. The van der Waals surface area contributed by atoms with Gasteiger partial charge in [-0.05, 0) is 24.6 Å². The van der Waals surface area contributed by atoms with Crippen molar-refractivity contribution in [1.29, 1.82) is 0 Å². The molecule has 0 unspecified atom stereocenters. The zero-order valence-electron chi connectivity index (χ0n) is 11.0. The maximum absolute atomic E-state index is 11.9. The van der Waals surface area contributed by atoms with Crippen molar-refractivity contribution in [2.75, 3.05) is 13.2 Å². The molecule has 0 aliphatic heterocycles. The molecule has 0 N–H and O–H groups in total. The predicted octanol–water partition coefficient (Wildman–Crippen LogP) is 2.83. The van der Waals surface area contributed by atoms with E-state index >= 15 is 0 Å². The fourth-order valence-corrected chi connectivity index (χ4v) is 1.85. The number of hydrogen-bond acceptors (Lipinski definition) is 3. The van der Waals surface area contributed by atoms with Gasteiger partial charge in [0.05, 0.1) is 6.61 Å². The summed E-state index contributed by atoms with van der Waals surface area (Å²) in [5.41, 5.74) is 2.70. The topological polar surface area (TPSA) is 39.2 Å². The lowest BCUT2D eigenvalue weighted by atomic mass is 10.1. The molecule has 0 saturated heterocycles. The second-order valence-corrected chi connectivity index (χ2v) is 4.36. The summed E-state index contributed by atoms with van der Waals surface area (Å²) in [6, 6.07) is 13.3. The van der Waals surface area contributed by atoms with E-state index in [1.54, 1.807) is 6.20 Å². The van der Waals surface area contributed by atoms with Crippen molar-refractivity contribution in [2.45, 2.75) is 13.3 Å². The van der Waals surface area contributed by atoms with Crippen LogP contribution in [0.5, 0.6) is 0 Å². The van der Waals surface area contributed by atoms with Gasteiger partial charge in [0.1, 0.15) is 6.61 Å². The molecule has 0 aliphatic carbocycles. The van der Waals surface area contributed by atoms with Crippen molar-refractivity contribution in [3.8, 4) is 0 Å². The Morgan fingerprint density at radius 3 is 2.68 bits per heavy atom. The summed E-state index contributed by atoms with van der Waals surface area (Å²) in [6.45, 7) is 2.56. The lowest BCUT2D eigenvalue weighted by molar-refractivity contribution is 0.0764. The minimum atomic E-state index is 0.0270. The number of carbonyl (C=O) groups is 1. The molecule has 1 aromatic carbocycles. The third-order valence-electron chi connectivity index (χ3n) is 2.91. The molecule has 0 fully saturated rings. The van der Waals surface area contributed by atoms with Gasteiger partial charge >= 0.3 is 0 Å². The molecular formula is C16H17NO2. The molecule has 0 aliphatic rings. The van der Waals surface area contributed by atoms with Crippen LogP contribution in [-0.2, 0) is 11.2 Å². The zero-order chi connectivity index (χ0) is 13.5. The van der Waals surface area contributed by atoms with Crippen molar-refractivity contribution in [1.82, 2.24) is 4.98 Å². The van der Waals surface area contributed by atoms with Crippen LogP contribution >= 0.6 is 0 Å². The molecule has 1 heterocycles. The van der Waals surface area contributed by atoms with Crippen LogP contribution in [0.3, 0.4) is 0 Å². The zero-order valence-corrected chi connectivity index (χ0v) is 11.0. The molecule has 3 heteroatoms. The van der Waals surface area contributed by atoms with E-state index in [1.807, 2.05) is 49.4 Å². The monoisotopic (exact) mass is 255 g/mol. The first-order valence-corrected chi connectivity index (χ1v) is 6.34. The molecule has 0 bridgehead atoms. The minimum absolute atomic E-state index is 0.0270. The van der Waals surface area contributed by atoms with E-state index in [9.17, 15) is 4.79 Å². The van der Waals surface area contributed by atoms with Gasteiger partial charge in [0.2, 0.25) is 0 Å². The Labute approximate surface area is 113 Å².